The molecule has 0 bridgehead atoms. The molecule has 6 N–H and O–H groups in total. The van der Waals surface area contributed by atoms with Gasteiger partial charge < -0.3 is 31.2 Å². The van der Waals surface area contributed by atoms with Crippen molar-refractivity contribution >= 4 is 0 Å². The lowest BCUT2D eigenvalue weighted by Gasteiger charge is -2.42. The molecule has 0 spiro atoms. The molecule has 2 fully saturated rings. The fourth-order valence-corrected chi connectivity index (χ4v) is 4.43. The van der Waals surface area contributed by atoms with Crippen molar-refractivity contribution in [3.63, 3.8) is 0 Å². The van der Waals surface area contributed by atoms with E-state index in [1.165, 1.54) is 11.1 Å². The van der Waals surface area contributed by atoms with Gasteiger partial charge in [0.2, 0.25) is 0 Å². The second kappa shape index (κ2) is 11.9. The Morgan fingerprint density at radius 3 is 1.31 bits per heavy atom. The van der Waals surface area contributed by atoms with E-state index in [-0.39, 0.29) is 0 Å². The van der Waals surface area contributed by atoms with Gasteiger partial charge in [0.25, 0.3) is 0 Å². The molecule has 2 aliphatic carbocycles. The fraction of sp³-hybridized carbons (Fsp3) is 0.538. The number of aliphatic hydroxyl groups is 2. The average Bonchev–Trinajstić information content (AvgIpc) is 2.78. The van der Waals surface area contributed by atoms with Crippen LogP contribution in [0.25, 0.3) is 0 Å². The molecule has 32 heavy (non-hydrogen) atoms. The zero-order chi connectivity index (χ0) is 22.9. The van der Waals surface area contributed by atoms with Crippen LogP contribution in [0.1, 0.15) is 36.8 Å². The highest BCUT2D eigenvalue weighted by Gasteiger charge is 2.41. The summed E-state index contributed by atoms with van der Waals surface area (Å²) >= 11 is 0. The van der Waals surface area contributed by atoms with Gasteiger partial charge in [-0.2, -0.15) is 0 Å². The first-order valence-electron chi connectivity index (χ1n) is 11.5. The maximum absolute atomic E-state index is 9.72. The van der Waals surface area contributed by atoms with Crippen LogP contribution in [0.2, 0.25) is 0 Å². The predicted octanol–water partition coefficient (Wildman–Crippen LogP) is 2.61. The second-order valence-corrected chi connectivity index (χ2v) is 9.41. The monoisotopic (exact) mass is 442 g/mol. The molecule has 6 heteroatoms. The van der Waals surface area contributed by atoms with E-state index < -0.39 is 11.2 Å². The van der Waals surface area contributed by atoms with Gasteiger partial charge in [-0.1, -0.05) is 60.7 Å². The molecule has 0 unspecified atom stereocenters. The molecule has 0 aliphatic heterocycles. The summed E-state index contributed by atoms with van der Waals surface area (Å²) in [5.74, 6) is 0.939. The first-order valence-corrected chi connectivity index (χ1v) is 11.5. The van der Waals surface area contributed by atoms with E-state index in [4.69, 9.17) is 20.9 Å². The second-order valence-electron chi connectivity index (χ2n) is 9.41. The van der Waals surface area contributed by atoms with Crippen LogP contribution in [-0.4, -0.2) is 47.7 Å². The van der Waals surface area contributed by atoms with E-state index in [9.17, 15) is 10.2 Å². The summed E-state index contributed by atoms with van der Waals surface area (Å²) in [6.07, 6.45) is 3.10. The highest BCUT2D eigenvalue weighted by molar-refractivity contribution is 5.14. The summed E-state index contributed by atoms with van der Waals surface area (Å²) < 4.78 is 11.2. The first-order chi connectivity index (χ1) is 15.4. The molecule has 0 aromatic heterocycles. The van der Waals surface area contributed by atoms with E-state index >= 15 is 0 Å². The largest absolute Gasteiger partial charge is 0.389 e. The molecular weight excluding hydrogens is 404 g/mol. The maximum Gasteiger partial charge on any atom is 0.0776 e. The molecular formula is C26H38N2O4. The van der Waals surface area contributed by atoms with Gasteiger partial charge in [0, 0.05) is 13.1 Å². The third kappa shape index (κ3) is 7.66. The number of benzene rings is 2. The van der Waals surface area contributed by atoms with Crippen LogP contribution < -0.4 is 11.5 Å². The van der Waals surface area contributed by atoms with Gasteiger partial charge in [0.15, 0.2) is 0 Å². The Bertz CT molecular complexity index is 707. The van der Waals surface area contributed by atoms with Crippen LogP contribution in [0.4, 0.5) is 0 Å². The minimum Gasteiger partial charge on any atom is -0.389 e. The van der Waals surface area contributed by atoms with Gasteiger partial charge in [0.1, 0.15) is 0 Å². The van der Waals surface area contributed by atoms with Crippen molar-refractivity contribution in [3.05, 3.63) is 71.8 Å². The quantitative estimate of drug-likeness (QED) is 0.450. The minimum absolute atomic E-state index is 0.363. The van der Waals surface area contributed by atoms with Crippen LogP contribution in [0.15, 0.2) is 60.7 Å². The number of hydrogen-bond donors (Lipinski definition) is 4. The summed E-state index contributed by atoms with van der Waals surface area (Å²) in [6.45, 7) is 3.47. The van der Waals surface area contributed by atoms with Gasteiger partial charge in [-0.25, -0.2) is 0 Å². The average molecular weight is 443 g/mol. The van der Waals surface area contributed by atoms with E-state index in [1.54, 1.807) is 0 Å². The molecule has 0 radical (unpaired) electrons. The highest BCUT2D eigenvalue weighted by Crippen LogP contribution is 2.37. The van der Waals surface area contributed by atoms with Crippen molar-refractivity contribution in [1.29, 1.82) is 0 Å². The van der Waals surface area contributed by atoms with Crippen molar-refractivity contribution < 1.29 is 19.7 Å². The number of rotatable bonds is 10. The number of nitrogens with two attached hydrogens (primary N) is 2. The summed E-state index contributed by atoms with van der Waals surface area (Å²) in [5.41, 5.74) is 12.1. The summed E-state index contributed by atoms with van der Waals surface area (Å²) in [5, 5.41) is 19.4. The lowest BCUT2D eigenvalue weighted by atomic mass is 9.71. The Kier molecular flexibility index (Phi) is 9.22. The fourth-order valence-electron chi connectivity index (χ4n) is 4.43. The predicted molar refractivity (Wildman–Crippen MR) is 126 cm³/mol. The Morgan fingerprint density at radius 2 is 1.00 bits per heavy atom. The van der Waals surface area contributed by atoms with Gasteiger partial charge in [-0.15, -0.1) is 0 Å². The molecule has 0 heterocycles. The van der Waals surface area contributed by atoms with Crippen LogP contribution >= 0.6 is 0 Å². The Hall–Kier alpha value is -1.80. The summed E-state index contributed by atoms with van der Waals surface area (Å²) in [4.78, 5) is 0. The van der Waals surface area contributed by atoms with Gasteiger partial charge in [0.05, 0.1) is 37.6 Å². The maximum atomic E-state index is 9.72. The van der Waals surface area contributed by atoms with Crippen molar-refractivity contribution in [1.82, 2.24) is 0 Å². The Labute approximate surface area is 191 Å². The van der Waals surface area contributed by atoms with Crippen molar-refractivity contribution in [2.45, 2.75) is 50.1 Å². The number of ether oxygens (including phenoxy) is 2. The van der Waals surface area contributed by atoms with Crippen molar-refractivity contribution in [2.75, 3.05) is 26.3 Å². The summed E-state index contributed by atoms with van der Waals surface area (Å²) in [6, 6.07) is 20.2. The van der Waals surface area contributed by atoms with E-state index in [2.05, 4.69) is 24.3 Å². The smallest absolute Gasteiger partial charge is 0.0776 e. The Morgan fingerprint density at radius 1 is 0.656 bits per heavy atom. The molecule has 0 atom stereocenters. The lowest BCUT2D eigenvalue weighted by molar-refractivity contribution is -0.0914. The molecule has 2 saturated carbocycles. The van der Waals surface area contributed by atoms with E-state index in [1.807, 2.05) is 36.4 Å². The van der Waals surface area contributed by atoms with Crippen LogP contribution in [-0.2, 0) is 22.7 Å². The molecule has 176 valence electrons. The van der Waals surface area contributed by atoms with Crippen LogP contribution in [0, 0.1) is 11.8 Å². The van der Waals surface area contributed by atoms with Gasteiger partial charge >= 0.3 is 0 Å². The van der Waals surface area contributed by atoms with Crippen LogP contribution in [0.3, 0.4) is 0 Å². The minimum atomic E-state index is -0.610. The molecule has 4 rings (SSSR count). The molecule has 0 amide bonds. The topological polar surface area (TPSA) is 111 Å². The van der Waals surface area contributed by atoms with Gasteiger partial charge in [-0.05, 0) is 48.6 Å². The molecule has 2 aromatic rings. The van der Waals surface area contributed by atoms with E-state index in [0.717, 1.165) is 38.9 Å². The van der Waals surface area contributed by atoms with E-state index in [0.29, 0.717) is 38.1 Å². The molecule has 0 saturated heterocycles. The zero-order valence-corrected chi connectivity index (χ0v) is 18.9. The third-order valence-electron chi connectivity index (χ3n) is 6.36. The SMILES string of the molecule is NCC1(O)CC(COCc2ccccc2)C1.NCC1(O)CC(COCc2ccccc2)C1. The van der Waals surface area contributed by atoms with Crippen LogP contribution in [0.5, 0.6) is 0 Å². The zero-order valence-electron chi connectivity index (χ0n) is 18.9. The highest BCUT2D eigenvalue weighted by atomic mass is 16.5. The van der Waals surface area contributed by atoms with Crippen molar-refractivity contribution in [3.8, 4) is 0 Å². The Balaban J connectivity index is 0.000000181. The first kappa shape index (κ1) is 24.8. The molecule has 6 nitrogen and oxygen atoms in total. The normalized spacial score (nSPS) is 28.8. The molecule has 2 aromatic carbocycles. The summed E-state index contributed by atoms with van der Waals surface area (Å²) in [7, 11) is 0. The third-order valence-corrected chi connectivity index (χ3v) is 6.36. The molecule has 2 aliphatic rings. The lowest BCUT2D eigenvalue weighted by Crippen LogP contribution is -2.50. The standard InChI is InChI=1S/2C13H19NO2/c2*14-10-13(15)6-12(7-13)9-16-8-11-4-2-1-3-5-11/h2*1-5,12,15H,6-10,14H2. The number of hydrogen-bond acceptors (Lipinski definition) is 6. The van der Waals surface area contributed by atoms with Crippen molar-refractivity contribution in [2.24, 2.45) is 23.3 Å². The van der Waals surface area contributed by atoms with Gasteiger partial charge in [-0.3, -0.25) is 0 Å².